The number of halogens is 3. The van der Waals surface area contributed by atoms with E-state index in [1.165, 1.54) is 12.1 Å². The fourth-order valence-electron chi connectivity index (χ4n) is 6.38. The Labute approximate surface area is 326 Å². The van der Waals surface area contributed by atoms with Gasteiger partial charge < -0.3 is 40.2 Å². The SMILES string of the molecule is CCCC1CC(C(=O)NC(C(C)Cl)C2O[C@H](SC)[C@H](OC(=O)CCC(=O)OCC(NC(=O)C(Cl)Cl)[C@@H](O)c3ccc([N+](=O)[O-])cc3)C(O)C2O)N(C)C1. The number of thioether (sulfide) groups is 1. The van der Waals surface area contributed by atoms with E-state index in [1.807, 2.05) is 11.9 Å². The first-order valence-electron chi connectivity index (χ1n) is 17.0. The van der Waals surface area contributed by atoms with E-state index in [1.54, 1.807) is 13.2 Å². The van der Waals surface area contributed by atoms with Gasteiger partial charge in [0.15, 0.2) is 10.9 Å². The molecule has 8 unspecified atom stereocenters. The van der Waals surface area contributed by atoms with Crippen molar-refractivity contribution in [2.45, 2.75) is 110 Å². The molecule has 0 aromatic heterocycles. The Kier molecular flexibility index (Phi) is 17.8. The molecular formula is C33H47Cl3N4O12S. The summed E-state index contributed by atoms with van der Waals surface area (Å²) >= 11 is 18.8. The summed E-state index contributed by atoms with van der Waals surface area (Å²) in [5, 5.41) is 48.6. The zero-order valence-electron chi connectivity index (χ0n) is 29.6. The van der Waals surface area contributed by atoms with Crippen molar-refractivity contribution in [3.05, 3.63) is 39.9 Å². The number of likely N-dealkylation sites (tertiary alicyclic amines) is 1. The number of esters is 2. The molecule has 1 aromatic rings. The van der Waals surface area contributed by atoms with Gasteiger partial charge in [-0.1, -0.05) is 36.5 Å². The molecule has 2 saturated heterocycles. The number of nitro groups is 1. The summed E-state index contributed by atoms with van der Waals surface area (Å²) in [6.07, 6.45) is -3.96. The summed E-state index contributed by atoms with van der Waals surface area (Å²) in [4.78, 5) is 61.7. The lowest BCUT2D eigenvalue weighted by molar-refractivity contribution is -0.384. The van der Waals surface area contributed by atoms with Crippen molar-refractivity contribution in [2.75, 3.05) is 26.5 Å². The second-order valence-electron chi connectivity index (χ2n) is 13.1. The Balaban J connectivity index is 1.58. The van der Waals surface area contributed by atoms with Crippen LogP contribution in [0.15, 0.2) is 24.3 Å². The average Bonchev–Trinajstić information content (AvgIpc) is 3.49. The van der Waals surface area contributed by atoms with Crippen LogP contribution in [0.5, 0.6) is 0 Å². The Bertz CT molecular complexity index is 1410. The number of ether oxygens (including phenoxy) is 3. The molecule has 3 rings (SSSR count). The van der Waals surface area contributed by atoms with E-state index in [2.05, 4.69) is 17.6 Å². The van der Waals surface area contributed by atoms with Crippen LogP contribution in [-0.2, 0) is 33.4 Å². The number of carbonyl (C=O) groups is 4. The predicted octanol–water partition coefficient (Wildman–Crippen LogP) is 2.19. The van der Waals surface area contributed by atoms with Crippen molar-refractivity contribution in [3.63, 3.8) is 0 Å². The van der Waals surface area contributed by atoms with Crippen LogP contribution in [0.25, 0.3) is 0 Å². The highest BCUT2D eigenvalue weighted by atomic mass is 35.5. The molecule has 53 heavy (non-hydrogen) atoms. The highest BCUT2D eigenvalue weighted by Crippen LogP contribution is 2.33. The molecule has 11 atom stereocenters. The van der Waals surface area contributed by atoms with Gasteiger partial charge in [-0.3, -0.25) is 34.2 Å². The van der Waals surface area contributed by atoms with Crippen molar-refractivity contribution in [1.29, 1.82) is 0 Å². The Morgan fingerprint density at radius 1 is 1.09 bits per heavy atom. The number of alkyl halides is 3. The summed E-state index contributed by atoms with van der Waals surface area (Å²) < 4.78 is 16.7. The molecule has 2 amide bonds. The maximum absolute atomic E-state index is 13.3. The van der Waals surface area contributed by atoms with E-state index in [-0.39, 0.29) is 23.2 Å². The van der Waals surface area contributed by atoms with Gasteiger partial charge in [-0.05, 0) is 56.7 Å². The van der Waals surface area contributed by atoms with E-state index >= 15 is 0 Å². The van der Waals surface area contributed by atoms with E-state index in [0.29, 0.717) is 12.3 Å². The fourth-order valence-corrected chi connectivity index (χ4v) is 7.43. The van der Waals surface area contributed by atoms with Crippen molar-refractivity contribution in [2.24, 2.45) is 5.92 Å². The largest absolute Gasteiger partial charge is 0.463 e. The van der Waals surface area contributed by atoms with Gasteiger partial charge in [-0.2, -0.15) is 0 Å². The molecule has 0 spiro atoms. The van der Waals surface area contributed by atoms with Gasteiger partial charge >= 0.3 is 11.9 Å². The molecule has 0 aliphatic carbocycles. The number of hydrogen-bond donors (Lipinski definition) is 5. The lowest BCUT2D eigenvalue weighted by atomic mass is 9.92. The molecular weight excluding hydrogens is 783 g/mol. The Morgan fingerprint density at radius 3 is 2.30 bits per heavy atom. The second-order valence-corrected chi connectivity index (χ2v) is 15.8. The number of hydrogen-bond acceptors (Lipinski definition) is 14. The maximum Gasteiger partial charge on any atom is 0.306 e. The van der Waals surface area contributed by atoms with Gasteiger partial charge in [-0.25, -0.2) is 0 Å². The van der Waals surface area contributed by atoms with Crippen molar-refractivity contribution < 1.29 is 53.6 Å². The first-order chi connectivity index (χ1) is 25.0. The Morgan fingerprint density at radius 2 is 1.74 bits per heavy atom. The fraction of sp³-hybridized carbons (Fsp3) is 0.697. The van der Waals surface area contributed by atoms with Gasteiger partial charge in [0.1, 0.15) is 36.5 Å². The van der Waals surface area contributed by atoms with Crippen molar-refractivity contribution in [1.82, 2.24) is 15.5 Å². The van der Waals surface area contributed by atoms with Crippen LogP contribution in [0.1, 0.15) is 57.6 Å². The monoisotopic (exact) mass is 828 g/mol. The van der Waals surface area contributed by atoms with Crippen molar-refractivity contribution >= 4 is 76.0 Å². The molecule has 298 valence electrons. The minimum atomic E-state index is -1.64. The molecule has 5 N–H and O–H groups in total. The number of aliphatic hydroxyl groups excluding tert-OH is 3. The number of carbonyl (C=O) groups excluding carboxylic acids is 4. The van der Waals surface area contributed by atoms with Crippen LogP contribution in [0, 0.1) is 16.0 Å². The van der Waals surface area contributed by atoms with E-state index in [0.717, 1.165) is 43.3 Å². The second kappa shape index (κ2) is 21.0. The predicted molar refractivity (Wildman–Crippen MR) is 196 cm³/mol. The average molecular weight is 830 g/mol. The smallest absolute Gasteiger partial charge is 0.306 e. The molecule has 0 bridgehead atoms. The maximum atomic E-state index is 13.3. The number of amides is 2. The molecule has 0 saturated carbocycles. The summed E-state index contributed by atoms with van der Waals surface area (Å²) in [5.41, 5.74) is -1.07. The number of nitrogens with one attached hydrogen (secondary N) is 2. The number of rotatable bonds is 18. The highest BCUT2D eigenvalue weighted by Gasteiger charge is 2.50. The van der Waals surface area contributed by atoms with E-state index < -0.39 is 100 Å². The number of non-ortho nitro benzene ring substituents is 1. The summed E-state index contributed by atoms with van der Waals surface area (Å²) in [7, 11) is 1.88. The minimum absolute atomic E-state index is 0.151. The number of nitro benzene ring substituents is 1. The molecule has 2 fully saturated rings. The third-order valence-electron chi connectivity index (χ3n) is 9.18. The molecule has 2 aliphatic rings. The number of nitrogens with zero attached hydrogens (tertiary/aromatic N) is 2. The highest BCUT2D eigenvalue weighted by molar-refractivity contribution is 7.99. The lowest BCUT2D eigenvalue weighted by Gasteiger charge is -2.45. The zero-order chi connectivity index (χ0) is 39.6. The normalized spacial score (nSPS) is 27.0. The van der Waals surface area contributed by atoms with Crippen LogP contribution >= 0.6 is 46.6 Å². The molecule has 2 aliphatic heterocycles. The van der Waals surface area contributed by atoms with E-state index in [4.69, 9.17) is 49.0 Å². The first-order valence-corrected chi connectivity index (χ1v) is 19.6. The third-order valence-corrected chi connectivity index (χ3v) is 10.7. The molecule has 16 nitrogen and oxygen atoms in total. The number of benzene rings is 1. The lowest BCUT2D eigenvalue weighted by Crippen LogP contribution is -2.65. The van der Waals surface area contributed by atoms with Crippen LogP contribution in [0.4, 0.5) is 5.69 Å². The van der Waals surface area contributed by atoms with Crippen molar-refractivity contribution in [3.8, 4) is 0 Å². The third kappa shape index (κ3) is 12.5. The number of aliphatic hydroxyl groups is 3. The minimum Gasteiger partial charge on any atom is -0.463 e. The van der Waals surface area contributed by atoms with Gasteiger partial charge in [0.25, 0.3) is 11.6 Å². The number of likely N-dealkylation sites (N-methyl/N-ethyl adjacent to an activating group) is 1. The van der Waals surface area contributed by atoms with Crippen LogP contribution in [-0.4, -0.2) is 134 Å². The Hall–Kier alpha value is -2.48. The topological polar surface area (TPSA) is 227 Å². The summed E-state index contributed by atoms with van der Waals surface area (Å²) in [6.45, 7) is 3.91. The van der Waals surface area contributed by atoms with Crippen LogP contribution in [0.3, 0.4) is 0 Å². The van der Waals surface area contributed by atoms with Gasteiger partial charge in [0, 0.05) is 18.7 Å². The summed E-state index contributed by atoms with van der Waals surface area (Å²) in [6, 6.07) is 2.22. The zero-order valence-corrected chi connectivity index (χ0v) is 32.7. The van der Waals surface area contributed by atoms with Gasteiger partial charge in [0.2, 0.25) is 5.91 Å². The quantitative estimate of drug-likeness (QED) is 0.0619. The molecule has 20 heteroatoms. The molecule has 2 heterocycles. The van der Waals surface area contributed by atoms with Gasteiger partial charge in [-0.15, -0.1) is 23.4 Å². The van der Waals surface area contributed by atoms with E-state index in [9.17, 15) is 44.6 Å². The molecule has 0 radical (unpaired) electrons. The van der Waals surface area contributed by atoms with Gasteiger partial charge in [0.05, 0.1) is 41.3 Å². The standard InChI is InChI=1S/C33H47Cl3N4O12S/c1-5-6-17-13-21(39(3)14-17)31(46)38-24(16(2)34)28-26(44)27(45)29(33(52-28)53-4)51-23(42)12-11-22(41)50-15-20(37-32(47)30(35)36)25(43)18-7-9-19(10-8-18)40(48)49/h7-10,16-17,20-21,24-30,33,43-45H,5-6,11-15H2,1-4H3,(H,37,47)(H,38,46)/t16?,17?,20?,21?,24?,25-,26?,27?,28?,29+,33+/m0/s1. The van der Waals surface area contributed by atoms with Crippen LogP contribution < -0.4 is 10.6 Å². The molecule has 1 aromatic carbocycles. The van der Waals surface area contributed by atoms with Crippen LogP contribution in [0.2, 0.25) is 0 Å². The first kappa shape index (κ1) is 44.9. The summed E-state index contributed by atoms with van der Waals surface area (Å²) in [5.74, 6) is -2.64.